The maximum atomic E-state index is 13.3. The number of amides is 7. The number of thioether (sulfide) groups is 1. The number of nitrogens with zero attached hydrogens (tertiary/aromatic N) is 1. The summed E-state index contributed by atoms with van der Waals surface area (Å²) in [6.07, 6.45) is 1.05. The van der Waals surface area contributed by atoms with Gasteiger partial charge in [-0.05, 0) is 37.7 Å². The zero-order chi connectivity index (χ0) is 34.3. The van der Waals surface area contributed by atoms with Crippen molar-refractivity contribution < 1.29 is 53.7 Å². The van der Waals surface area contributed by atoms with Crippen LogP contribution in [0.4, 0.5) is 0 Å². The summed E-state index contributed by atoms with van der Waals surface area (Å²) in [6.45, 7) is -1.70. The van der Waals surface area contributed by atoms with Gasteiger partial charge in [-0.2, -0.15) is 11.8 Å². The molecule has 1 saturated heterocycles. The van der Waals surface area contributed by atoms with Crippen LogP contribution in [0.3, 0.4) is 0 Å². The second-order valence-corrected chi connectivity index (χ2v) is 11.2. The molecule has 45 heavy (non-hydrogen) atoms. The normalized spacial score (nSPS) is 17.6. The van der Waals surface area contributed by atoms with E-state index in [1.165, 1.54) is 11.8 Å². The number of primary amides is 2. The third-order valence-electron chi connectivity index (χ3n) is 6.75. The molecule has 0 saturated carbocycles. The number of likely N-dealkylation sites (tertiary alicyclic amines) is 1. The Labute approximate surface area is 262 Å². The maximum Gasteiger partial charge on any atom is 0.328 e. The van der Waals surface area contributed by atoms with Crippen LogP contribution in [0.5, 0.6) is 0 Å². The maximum absolute atomic E-state index is 13.3. The van der Waals surface area contributed by atoms with Gasteiger partial charge in [-0.3, -0.25) is 33.6 Å². The van der Waals surface area contributed by atoms with Crippen LogP contribution in [0.2, 0.25) is 0 Å². The second kappa shape index (κ2) is 19.4. The quantitative estimate of drug-likeness (QED) is 0.0581. The zero-order valence-electron chi connectivity index (χ0n) is 24.7. The fraction of sp³-hybridized carbons (Fsp3) is 0.680. The molecule has 1 aliphatic rings. The van der Waals surface area contributed by atoms with Crippen molar-refractivity contribution >= 4 is 59.1 Å². The number of hydrogen-bond acceptors (Lipinski definition) is 12. The van der Waals surface area contributed by atoms with E-state index in [4.69, 9.17) is 22.3 Å². The first-order valence-corrected chi connectivity index (χ1v) is 15.3. The first-order valence-electron chi connectivity index (χ1n) is 13.9. The first-order chi connectivity index (χ1) is 21.2. The monoisotopic (exact) mass is 662 g/mol. The zero-order valence-corrected chi connectivity index (χ0v) is 25.5. The highest BCUT2D eigenvalue weighted by Gasteiger charge is 2.39. The highest BCUT2D eigenvalue weighted by molar-refractivity contribution is 7.98. The molecule has 20 heteroatoms. The number of carboxylic acids is 1. The number of aliphatic hydroxyl groups is 2. The van der Waals surface area contributed by atoms with Crippen LogP contribution in [0.25, 0.3) is 0 Å². The third kappa shape index (κ3) is 12.9. The van der Waals surface area contributed by atoms with E-state index < -0.39 is 116 Å². The number of aliphatic hydroxyl groups excluding tert-OH is 2. The average Bonchev–Trinajstić information content (AvgIpc) is 3.48. The summed E-state index contributed by atoms with van der Waals surface area (Å²) in [4.78, 5) is 100. The van der Waals surface area contributed by atoms with E-state index in [0.717, 1.165) is 4.90 Å². The minimum absolute atomic E-state index is 0.0689. The van der Waals surface area contributed by atoms with Gasteiger partial charge in [0.2, 0.25) is 41.4 Å². The lowest BCUT2D eigenvalue weighted by atomic mass is 10.1. The van der Waals surface area contributed by atoms with Gasteiger partial charge in [-0.15, -0.1) is 0 Å². The van der Waals surface area contributed by atoms with Gasteiger partial charge in [-0.25, -0.2) is 4.79 Å². The summed E-state index contributed by atoms with van der Waals surface area (Å²) in [5.41, 5.74) is 16.2. The van der Waals surface area contributed by atoms with Crippen molar-refractivity contribution in [1.29, 1.82) is 0 Å². The number of aliphatic carboxylic acids is 1. The van der Waals surface area contributed by atoms with Crippen molar-refractivity contribution in [3.63, 3.8) is 0 Å². The largest absolute Gasteiger partial charge is 0.480 e. The highest BCUT2D eigenvalue weighted by atomic mass is 32.2. The fourth-order valence-corrected chi connectivity index (χ4v) is 4.80. The van der Waals surface area contributed by atoms with Crippen molar-refractivity contribution in [2.24, 2.45) is 17.2 Å². The lowest BCUT2D eigenvalue weighted by molar-refractivity contribution is -0.144. The molecule has 1 aliphatic heterocycles. The minimum Gasteiger partial charge on any atom is -0.480 e. The molecule has 19 nitrogen and oxygen atoms in total. The van der Waals surface area contributed by atoms with E-state index in [-0.39, 0.29) is 13.0 Å². The molecule has 0 spiro atoms. The molecule has 0 bridgehead atoms. The van der Waals surface area contributed by atoms with E-state index >= 15 is 0 Å². The number of nitrogens with one attached hydrogen (secondary N) is 4. The summed E-state index contributed by atoms with van der Waals surface area (Å²) in [5, 5.41) is 37.0. The first kappa shape index (κ1) is 39.0. The molecule has 6 atom stereocenters. The third-order valence-corrected chi connectivity index (χ3v) is 7.40. The number of hydrogen-bond donors (Lipinski definition) is 10. The van der Waals surface area contributed by atoms with Gasteiger partial charge >= 0.3 is 5.97 Å². The van der Waals surface area contributed by atoms with Gasteiger partial charge in [0.1, 0.15) is 30.2 Å². The summed E-state index contributed by atoms with van der Waals surface area (Å²) < 4.78 is 0. The van der Waals surface area contributed by atoms with Crippen LogP contribution < -0.4 is 38.5 Å². The van der Waals surface area contributed by atoms with E-state index in [1.54, 1.807) is 0 Å². The Kier molecular flexibility index (Phi) is 16.8. The van der Waals surface area contributed by atoms with E-state index in [2.05, 4.69) is 16.0 Å². The molecule has 13 N–H and O–H groups in total. The summed E-state index contributed by atoms with van der Waals surface area (Å²) in [7, 11) is 0. The molecule has 7 amide bonds. The molecule has 0 aliphatic carbocycles. The molecule has 1 heterocycles. The molecular weight excluding hydrogens is 620 g/mol. The number of rotatable bonds is 20. The smallest absolute Gasteiger partial charge is 0.328 e. The molecule has 0 aromatic heterocycles. The van der Waals surface area contributed by atoms with E-state index in [9.17, 15) is 48.6 Å². The average molecular weight is 663 g/mol. The van der Waals surface area contributed by atoms with Crippen LogP contribution in [0.15, 0.2) is 0 Å². The van der Waals surface area contributed by atoms with Crippen molar-refractivity contribution in [3.05, 3.63) is 0 Å². The van der Waals surface area contributed by atoms with Gasteiger partial charge in [0.25, 0.3) is 0 Å². The Bertz CT molecular complexity index is 1110. The topological polar surface area (TPSA) is 327 Å². The summed E-state index contributed by atoms with van der Waals surface area (Å²) in [6, 6.07) is -8.51. The molecule has 0 aromatic rings. The molecule has 1 rings (SSSR count). The number of carbonyl (C=O) groups is 8. The van der Waals surface area contributed by atoms with Crippen LogP contribution in [-0.4, -0.2) is 136 Å². The predicted octanol–water partition coefficient (Wildman–Crippen LogP) is -5.79. The summed E-state index contributed by atoms with van der Waals surface area (Å²) in [5.74, 6) is -7.43. The van der Waals surface area contributed by atoms with Crippen molar-refractivity contribution in [2.75, 3.05) is 31.8 Å². The molecule has 0 unspecified atom stereocenters. The van der Waals surface area contributed by atoms with Crippen molar-refractivity contribution in [2.45, 2.75) is 74.8 Å². The number of carboxylic acid groups (broad SMARTS) is 1. The molecule has 254 valence electrons. The van der Waals surface area contributed by atoms with Crippen molar-refractivity contribution in [3.8, 4) is 0 Å². The van der Waals surface area contributed by atoms with Gasteiger partial charge in [0, 0.05) is 13.0 Å². The molecular formula is C25H42N8O11S. The van der Waals surface area contributed by atoms with Gasteiger partial charge in [0.15, 0.2) is 0 Å². The van der Waals surface area contributed by atoms with Crippen LogP contribution in [-0.2, 0) is 38.4 Å². The van der Waals surface area contributed by atoms with E-state index in [0.29, 0.717) is 18.6 Å². The van der Waals surface area contributed by atoms with Crippen LogP contribution >= 0.6 is 11.8 Å². The Balaban J connectivity index is 3.09. The van der Waals surface area contributed by atoms with Crippen molar-refractivity contribution in [1.82, 2.24) is 26.2 Å². The SMILES string of the molecule is CSCC[C@H](N)C(=O)N[C@@H](CO)C(=O)N1CCC[C@H]1C(=O)N[C@@H](CC(N)=O)C(=O)N[C@@H](CCC(N)=O)C(=O)N[C@@H](CO)C(=O)O. The van der Waals surface area contributed by atoms with Gasteiger partial charge in [0.05, 0.1) is 25.7 Å². The molecule has 0 aromatic carbocycles. The van der Waals surface area contributed by atoms with Crippen LogP contribution in [0.1, 0.15) is 38.5 Å². The Morgan fingerprint density at radius 3 is 1.93 bits per heavy atom. The number of nitrogens with two attached hydrogens (primary N) is 3. The molecule has 0 radical (unpaired) electrons. The highest BCUT2D eigenvalue weighted by Crippen LogP contribution is 2.19. The Hall–Kier alpha value is -4.01. The molecule has 1 fully saturated rings. The Morgan fingerprint density at radius 2 is 1.40 bits per heavy atom. The minimum atomic E-state index is -1.74. The van der Waals surface area contributed by atoms with Gasteiger partial charge in [-0.1, -0.05) is 0 Å². The summed E-state index contributed by atoms with van der Waals surface area (Å²) >= 11 is 1.47. The van der Waals surface area contributed by atoms with Crippen LogP contribution in [0, 0.1) is 0 Å². The van der Waals surface area contributed by atoms with Gasteiger partial charge < -0.3 is 58.7 Å². The van der Waals surface area contributed by atoms with E-state index in [1.807, 2.05) is 11.6 Å². The fourth-order valence-electron chi connectivity index (χ4n) is 4.31. The standard InChI is InChI=1S/C25H42N8O11S/c1-45-8-6-12(26)20(38)31-15(10-34)24(42)33-7-2-3-17(33)23(41)30-14(9-19(28)37)22(40)29-13(4-5-18(27)36)21(39)32-16(11-35)25(43)44/h12-17,34-35H,2-11,26H2,1H3,(H2,27,36)(H2,28,37)(H,29,40)(H,30,41)(H,31,38)(H,32,39)(H,43,44)/t12-,13-,14-,15-,16-,17-/m0/s1. The second-order valence-electron chi connectivity index (χ2n) is 10.2. The number of carbonyl (C=O) groups excluding carboxylic acids is 7. The predicted molar refractivity (Wildman–Crippen MR) is 157 cm³/mol. The Morgan fingerprint density at radius 1 is 0.822 bits per heavy atom. The lowest BCUT2D eigenvalue weighted by Crippen LogP contribution is -2.60. The lowest BCUT2D eigenvalue weighted by Gasteiger charge is -2.29.